The van der Waals surface area contributed by atoms with Crippen molar-refractivity contribution in [3.05, 3.63) is 35.4 Å². The van der Waals surface area contributed by atoms with E-state index in [1.165, 1.54) is 23.5 Å². The third-order valence-corrected chi connectivity index (χ3v) is 6.00. The summed E-state index contributed by atoms with van der Waals surface area (Å²) in [6.07, 6.45) is 4.04. The number of unbranched alkanes of at least 4 members (excludes halogenated alkanes) is 1. The minimum absolute atomic E-state index is 0.177. The summed E-state index contributed by atoms with van der Waals surface area (Å²) in [5, 5.41) is 6.81. The van der Waals surface area contributed by atoms with Crippen molar-refractivity contribution in [3.8, 4) is 0 Å². The summed E-state index contributed by atoms with van der Waals surface area (Å²) in [5.41, 5.74) is 1.04. The van der Waals surface area contributed by atoms with Gasteiger partial charge < -0.3 is 10.6 Å². The monoisotopic (exact) mass is 388 g/mol. The van der Waals surface area contributed by atoms with Crippen molar-refractivity contribution in [2.75, 3.05) is 31.1 Å². The van der Waals surface area contributed by atoms with Crippen LogP contribution in [-0.2, 0) is 0 Å². The van der Waals surface area contributed by atoms with Crippen molar-refractivity contribution in [1.82, 2.24) is 15.5 Å². The average molecular weight is 389 g/mol. The molecule has 2 aliphatic rings. The summed E-state index contributed by atoms with van der Waals surface area (Å²) in [7, 11) is 0. The average Bonchev–Trinajstić information content (AvgIpc) is 2.93. The maximum Gasteiger partial charge on any atom is 0.261 e. The first-order valence-electron chi connectivity index (χ1n) is 9.78. The summed E-state index contributed by atoms with van der Waals surface area (Å²) in [4.78, 5) is 30.7. The van der Waals surface area contributed by atoms with Crippen molar-refractivity contribution in [2.45, 2.75) is 38.6 Å². The van der Waals surface area contributed by atoms with E-state index in [1.807, 2.05) is 11.8 Å². The predicted molar refractivity (Wildman–Crippen MR) is 111 cm³/mol. The Kier molecular flexibility index (Phi) is 7.15. The second-order valence-corrected chi connectivity index (χ2v) is 7.98. The minimum atomic E-state index is -0.177. The number of nitrogens with zero attached hydrogens (tertiary/aromatic N) is 2. The summed E-state index contributed by atoms with van der Waals surface area (Å²) in [5.74, 6) is 2.90. The van der Waals surface area contributed by atoms with Gasteiger partial charge in [-0.05, 0) is 50.5 Å². The second kappa shape index (κ2) is 9.78. The molecule has 7 heteroatoms. The van der Waals surface area contributed by atoms with Crippen LogP contribution in [0.25, 0.3) is 0 Å². The number of hydrogen-bond acceptors (Lipinski definition) is 4. The summed E-state index contributed by atoms with van der Waals surface area (Å²) in [6, 6.07) is 7.51. The first kappa shape index (κ1) is 19.7. The molecule has 1 aromatic rings. The van der Waals surface area contributed by atoms with E-state index in [4.69, 9.17) is 0 Å². The number of guanidine groups is 1. The molecule has 0 spiro atoms. The summed E-state index contributed by atoms with van der Waals surface area (Å²) in [6.45, 7) is 4.03. The predicted octanol–water partition coefficient (Wildman–Crippen LogP) is 2.51. The Morgan fingerprint density at radius 3 is 2.59 bits per heavy atom. The lowest BCUT2D eigenvalue weighted by molar-refractivity contribution is 0.0652. The molecule has 0 radical (unpaired) electrons. The highest BCUT2D eigenvalue weighted by molar-refractivity contribution is 7.99. The summed E-state index contributed by atoms with van der Waals surface area (Å²) >= 11 is 1.99. The number of hydrogen-bond donors (Lipinski definition) is 2. The molecule has 0 aromatic heterocycles. The second-order valence-electron chi connectivity index (χ2n) is 6.83. The molecule has 27 heavy (non-hydrogen) atoms. The van der Waals surface area contributed by atoms with Crippen molar-refractivity contribution < 1.29 is 9.59 Å². The highest BCUT2D eigenvalue weighted by atomic mass is 32.2. The molecule has 2 amide bonds. The van der Waals surface area contributed by atoms with Gasteiger partial charge in [-0.15, -0.1) is 0 Å². The molecule has 0 aliphatic carbocycles. The van der Waals surface area contributed by atoms with E-state index in [0.29, 0.717) is 30.3 Å². The molecule has 1 aromatic carbocycles. The lowest BCUT2D eigenvalue weighted by Crippen LogP contribution is -2.45. The Bertz CT molecular complexity index is 666. The van der Waals surface area contributed by atoms with Gasteiger partial charge in [-0.1, -0.05) is 12.1 Å². The first-order chi connectivity index (χ1) is 13.2. The van der Waals surface area contributed by atoms with E-state index >= 15 is 0 Å². The fourth-order valence-corrected chi connectivity index (χ4v) is 4.45. The Hall–Kier alpha value is -2.02. The SMILES string of the molecule is CCNC(=NCCCCN1C(=O)c2ccccc2C1=O)NC1CCCSC1. The van der Waals surface area contributed by atoms with Gasteiger partial charge in [-0.2, -0.15) is 11.8 Å². The number of fused-ring (bicyclic) bond motifs is 1. The number of carbonyl (C=O) groups excluding carboxylic acids is 2. The zero-order valence-corrected chi connectivity index (χ0v) is 16.7. The molecule has 1 atom stereocenters. The molecule has 1 saturated heterocycles. The highest BCUT2D eigenvalue weighted by Gasteiger charge is 2.34. The number of imide groups is 1. The van der Waals surface area contributed by atoms with Crippen LogP contribution in [0.15, 0.2) is 29.3 Å². The topological polar surface area (TPSA) is 73.8 Å². The van der Waals surface area contributed by atoms with E-state index in [0.717, 1.165) is 31.1 Å². The van der Waals surface area contributed by atoms with Crippen LogP contribution in [0.5, 0.6) is 0 Å². The van der Waals surface area contributed by atoms with Crippen molar-refractivity contribution in [2.24, 2.45) is 4.99 Å². The molecule has 0 saturated carbocycles. The van der Waals surface area contributed by atoms with Crippen molar-refractivity contribution in [3.63, 3.8) is 0 Å². The smallest absolute Gasteiger partial charge is 0.261 e. The summed E-state index contributed by atoms with van der Waals surface area (Å²) < 4.78 is 0. The molecule has 2 N–H and O–H groups in total. The molecule has 2 aliphatic heterocycles. The lowest BCUT2D eigenvalue weighted by Gasteiger charge is -2.24. The first-order valence-corrected chi connectivity index (χ1v) is 10.9. The van der Waals surface area contributed by atoms with Gasteiger partial charge in [0.15, 0.2) is 5.96 Å². The van der Waals surface area contributed by atoms with Crippen LogP contribution in [0.4, 0.5) is 0 Å². The molecule has 0 bridgehead atoms. The minimum Gasteiger partial charge on any atom is -0.357 e. The van der Waals surface area contributed by atoms with E-state index in [-0.39, 0.29) is 11.8 Å². The number of rotatable bonds is 7. The van der Waals surface area contributed by atoms with Crippen LogP contribution in [-0.4, -0.2) is 59.9 Å². The van der Waals surface area contributed by atoms with Gasteiger partial charge in [0, 0.05) is 31.4 Å². The number of benzene rings is 1. The lowest BCUT2D eigenvalue weighted by atomic mass is 10.1. The Balaban J connectivity index is 1.44. The van der Waals surface area contributed by atoms with E-state index in [2.05, 4.69) is 22.5 Å². The standard InChI is InChI=1S/C20H28N4O2S/c1-2-21-20(23-15-8-7-13-27-14-15)22-11-5-6-12-24-18(25)16-9-3-4-10-17(16)19(24)26/h3-4,9-10,15H,2,5-8,11-14H2,1H3,(H2,21,22,23). The van der Waals surface area contributed by atoms with Crippen LogP contribution in [0, 0.1) is 0 Å². The van der Waals surface area contributed by atoms with Crippen LogP contribution in [0.3, 0.4) is 0 Å². The number of amides is 2. The van der Waals surface area contributed by atoms with Crippen molar-refractivity contribution in [1.29, 1.82) is 0 Å². The Morgan fingerprint density at radius 1 is 1.22 bits per heavy atom. The van der Waals surface area contributed by atoms with Crippen LogP contribution in [0.2, 0.25) is 0 Å². The number of thioether (sulfide) groups is 1. The van der Waals surface area contributed by atoms with Crippen LogP contribution < -0.4 is 10.6 Å². The number of nitrogens with one attached hydrogen (secondary N) is 2. The van der Waals surface area contributed by atoms with Gasteiger partial charge >= 0.3 is 0 Å². The van der Waals surface area contributed by atoms with E-state index < -0.39 is 0 Å². The third kappa shape index (κ3) is 5.03. The largest absolute Gasteiger partial charge is 0.357 e. The molecule has 2 heterocycles. The molecule has 6 nitrogen and oxygen atoms in total. The van der Waals surface area contributed by atoms with Gasteiger partial charge in [0.25, 0.3) is 11.8 Å². The normalized spacial score (nSPS) is 20.0. The molecule has 1 fully saturated rings. The molecular formula is C20H28N4O2S. The number of carbonyl (C=O) groups is 2. The van der Waals surface area contributed by atoms with Crippen molar-refractivity contribution >= 4 is 29.5 Å². The Labute approximate surface area is 165 Å². The van der Waals surface area contributed by atoms with Gasteiger partial charge in [-0.3, -0.25) is 19.5 Å². The van der Waals surface area contributed by atoms with E-state index in [1.54, 1.807) is 24.3 Å². The zero-order chi connectivity index (χ0) is 19.1. The molecule has 3 rings (SSSR count). The van der Waals surface area contributed by atoms with Crippen LogP contribution >= 0.6 is 11.8 Å². The maximum atomic E-state index is 12.3. The zero-order valence-electron chi connectivity index (χ0n) is 15.9. The molecular weight excluding hydrogens is 360 g/mol. The fraction of sp³-hybridized carbons (Fsp3) is 0.550. The van der Waals surface area contributed by atoms with Gasteiger partial charge in [0.1, 0.15) is 0 Å². The van der Waals surface area contributed by atoms with Crippen LogP contribution in [0.1, 0.15) is 53.3 Å². The van der Waals surface area contributed by atoms with Gasteiger partial charge in [0.2, 0.25) is 0 Å². The molecule has 146 valence electrons. The van der Waals surface area contributed by atoms with Gasteiger partial charge in [-0.25, -0.2) is 0 Å². The third-order valence-electron chi connectivity index (χ3n) is 4.78. The Morgan fingerprint density at radius 2 is 1.96 bits per heavy atom. The number of aliphatic imine (C=N–C) groups is 1. The fourth-order valence-electron chi connectivity index (χ4n) is 3.38. The van der Waals surface area contributed by atoms with E-state index in [9.17, 15) is 9.59 Å². The highest BCUT2D eigenvalue weighted by Crippen LogP contribution is 2.22. The quantitative estimate of drug-likeness (QED) is 0.325. The molecule has 1 unspecified atom stereocenters. The maximum absolute atomic E-state index is 12.3. The van der Waals surface area contributed by atoms with Gasteiger partial charge in [0.05, 0.1) is 11.1 Å².